The topological polar surface area (TPSA) is 50.1 Å². The standard InChI is InChI=1S/C17H23N3O/c21-14-17(9-2-1-3-10-17)13-18-15-5-7-16(8-6-15)20-12-4-11-19-20/h4-8,11-12,18,21H,1-3,9-10,13-14H2. The van der Waals surface area contributed by atoms with Gasteiger partial charge in [-0.15, -0.1) is 0 Å². The van der Waals surface area contributed by atoms with Crippen molar-refractivity contribution in [2.75, 3.05) is 18.5 Å². The van der Waals surface area contributed by atoms with Crippen molar-refractivity contribution >= 4 is 5.69 Å². The lowest BCUT2D eigenvalue weighted by molar-refractivity contribution is 0.0944. The number of rotatable bonds is 5. The van der Waals surface area contributed by atoms with Crippen molar-refractivity contribution in [3.8, 4) is 5.69 Å². The molecule has 2 N–H and O–H groups in total. The van der Waals surface area contributed by atoms with E-state index >= 15 is 0 Å². The van der Waals surface area contributed by atoms with E-state index < -0.39 is 0 Å². The summed E-state index contributed by atoms with van der Waals surface area (Å²) in [7, 11) is 0. The molecular weight excluding hydrogens is 262 g/mol. The second-order valence-corrected chi connectivity index (χ2v) is 6.07. The third-order valence-electron chi connectivity index (χ3n) is 4.55. The van der Waals surface area contributed by atoms with Crippen molar-refractivity contribution in [2.24, 2.45) is 5.41 Å². The van der Waals surface area contributed by atoms with Gasteiger partial charge < -0.3 is 10.4 Å². The van der Waals surface area contributed by atoms with Crippen LogP contribution in [0.4, 0.5) is 5.69 Å². The van der Waals surface area contributed by atoms with E-state index in [4.69, 9.17) is 0 Å². The van der Waals surface area contributed by atoms with Crippen LogP contribution in [0.25, 0.3) is 5.69 Å². The van der Waals surface area contributed by atoms with Gasteiger partial charge in [0.15, 0.2) is 0 Å². The molecule has 0 radical (unpaired) electrons. The fraction of sp³-hybridized carbons (Fsp3) is 0.471. The summed E-state index contributed by atoms with van der Waals surface area (Å²) < 4.78 is 1.85. The Morgan fingerprint density at radius 2 is 1.90 bits per heavy atom. The Morgan fingerprint density at radius 3 is 2.52 bits per heavy atom. The van der Waals surface area contributed by atoms with Crippen molar-refractivity contribution in [3.63, 3.8) is 0 Å². The number of benzene rings is 1. The summed E-state index contributed by atoms with van der Waals surface area (Å²) in [4.78, 5) is 0. The maximum atomic E-state index is 9.74. The molecule has 1 aromatic heterocycles. The lowest BCUT2D eigenvalue weighted by atomic mass is 9.74. The van der Waals surface area contributed by atoms with Gasteiger partial charge in [-0.05, 0) is 43.2 Å². The predicted octanol–water partition coefficient (Wildman–Crippen LogP) is 3.23. The second kappa shape index (κ2) is 6.31. The Hall–Kier alpha value is -1.81. The van der Waals surface area contributed by atoms with E-state index in [1.54, 1.807) is 6.20 Å². The van der Waals surface area contributed by atoms with Crippen LogP contribution in [0.5, 0.6) is 0 Å². The SMILES string of the molecule is OCC1(CNc2ccc(-n3cccn3)cc2)CCCCC1. The number of aliphatic hydroxyl groups excluding tert-OH is 1. The van der Waals surface area contributed by atoms with E-state index in [1.165, 1.54) is 19.3 Å². The van der Waals surface area contributed by atoms with Crippen LogP contribution >= 0.6 is 0 Å². The number of aromatic nitrogens is 2. The summed E-state index contributed by atoms with van der Waals surface area (Å²) >= 11 is 0. The summed E-state index contributed by atoms with van der Waals surface area (Å²) in [6.45, 7) is 1.13. The first-order valence-electron chi connectivity index (χ1n) is 7.76. The minimum atomic E-state index is 0.0684. The van der Waals surface area contributed by atoms with Gasteiger partial charge in [-0.3, -0.25) is 0 Å². The third-order valence-corrected chi connectivity index (χ3v) is 4.55. The molecule has 1 saturated carbocycles. The van der Waals surface area contributed by atoms with Gasteiger partial charge in [0.25, 0.3) is 0 Å². The van der Waals surface area contributed by atoms with Crippen LogP contribution in [0.15, 0.2) is 42.7 Å². The minimum absolute atomic E-state index is 0.0684. The number of nitrogens with one attached hydrogen (secondary N) is 1. The average Bonchev–Trinajstić information content (AvgIpc) is 3.09. The predicted molar refractivity (Wildman–Crippen MR) is 84.7 cm³/mol. The maximum absolute atomic E-state index is 9.74. The van der Waals surface area contributed by atoms with Crippen LogP contribution in [0, 0.1) is 5.41 Å². The molecule has 1 aliphatic rings. The third kappa shape index (κ3) is 3.27. The Labute approximate surface area is 125 Å². The van der Waals surface area contributed by atoms with Gasteiger partial charge >= 0.3 is 0 Å². The molecule has 4 heteroatoms. The first-order valence-corrected chi connectivity index (χ1v) is 7.76. The molecule has 1 aliphatic carbocycles. The van der Waals surface area contributed by atoms with Gasteiger partial charge in [0, 0.05) is 30.0 Å². The van der Waals surface area contributed by atoms with Gasteiger partial charge in [-0.25, -0.2) is 4.68 Å². The highest BCUT2D eigenvalue weighted by Crippen LogP contribution is 2.36. The highest BCUT2D eigenvalue weighted by atomic mass is 16.3. The van der Waals surface area contributed by atoms with E-state index in [1.807, 2.05) is 16.9 Å². The molecule has 2 aromatic rings. The summed E-state index contributed by atoms with van der Waals surface area (Å²) in [5.74, 6) is 0. The molecule has 0 aliphatic heterocycles. The molecule has 4 nitrogen and oxygen atoms in total. The molecule has 1 fully saturated rings. The molecule has 21 heavy (non-hydrogen) atoms. The minimum Gasteiger partial charge on any atom is -0.396 e. The maximum Gasteiger partial charge on any atom is 0.0647 e. The van der Waals surface area contributed by atoms with Gasteiger partial charge in [-0.2, -0.15) is 5.10 Å². The van der Waals surface area contributed by atoms with E-state index in [9.17, 15) is 5.11 Å². The van der Waals surface area contributed by atoms with Crippen LogP contribution in [0.2, 0.25) is 0 Å². The number of hydrogen-bond donors (Lipinski definition) is 2. The van der Waals surface area contributed by atoms with Gasteiger partial charge in [0.05, 0.1) is 12.3 Å². The second-order valence-electron chi connectivity index (χ2n) is 6.07. The number of nitrogens with zero attached hydrogens (tertiary/aromatic N) is 2. The zero-order valence-electron chi connectivity index (χ0n) is 12.3. The number of aliphatic hydroxyl groups is 1. The quantitative estimate of drug-likeness (QED) is 0.886. The van der Waals surface area contributed by atoms with Crippen molar-refractivity contribution in [1.82, 2.24) is 9.78 Å². The van der Waals surface area contributed by atoms with Gasteiger partial charge in [0.2, 0.25) is 0 Å². The largest absolute Gasteiger partial charge is 0.396 e. The fourth-order valence-corrected chi connectivity index (χ4v) is 3.14. The van der Waals surface area contributed by atoms with E-state index in [-0.39, 0.29) is 12.0 Å². The van der Waals surface area contributed by atoms with E-state index in [0.717, 1.165) is 30.8 Å². The molecule has 3 rings (SSSR count). The van der Waals surface area contributed by atoms with Crippen LogP contribution in [-0.2, 0) is 0 Å². The smallest absolute Gasteiger partial charge is 0.0647 e. The van der Waals surface area contributed by atoms with Crippen molar-refractivity contribution in [3.05, 3.63) is 42.7 Å². The van der Waals surface area contributed by atoms with Crippen molar-refractivity contribution in [1.29, 1.82) is 0 Å². The molecule has 0 amide bonds. The number of hydrogen-bond acceptors (Lipinski definition) is 3. The molecule has 0 saturated heterocycles. The highest BCUT2D eigenvalue weighted by molar-refractivity contribution is 5.48. The molecular formula is C17H23N3O. The molecule has 0 unspecified atom stereocenters. The van der Waals surface area contributed by atoms with Crippen molar-refractivity contribution in [2.45, 2.75) is 32.1 Å². The lowest BCUT2D eigenvalue weighted by Crippen LogP contribution is -2.35. The first kappa shape index (κ1) is 14.1. The number of anilines is 1. The summed E-state index contributed by atoms with van der Waals surface area (Å²) in [5, 5.41) is 17.4. The normalized spacial score (nSPS) is 17.6. The van der Waals surface area contributed by atoms with Gasteiger partial charge in [-0.1, -0.05) is 19.3 Å². The Kier molecular flexibility index (Phi) is 4.25. The molecule has 112 valence electrons. The Morgan fingerprint density at radius 1 is 1.14 bits per heavy atom. The summed E-state index contributed by atoms with van der Waals surface area (Å²) in [6.07, 6.45) is 9.75. The first-order chi connectivity index (χ1) is 10.3. The van der Waals surface area contributed by atoms with Crippen LogP contribution in [-0.4, -0.2) is 28.0 Å². The molecule has 0 bridgehead atoms. The lowest BCUT2D eigenvalue weighted by Gasteiger charge is -2.36. The fourth-order valence-electron chi connectivity index (χ4n) is 3.14. The van der Waals surface area contributed by atoms with Crippen LogP contribution in [0.1, 0.15) is 32.1 Å². The Bertz CT molecular complexity index is 542. The zero-order chi connectivity index (χ0) is 14.5. The van der Waals surface area contributed by atoms with Crippen LogP contribution < -0.4 is 5.32 Å². The van der Waals surface area contributed by atoms with Crippen molar-refractivity contribution < 1.29 is 5.11 Å². The van der Waals surface area contributed by atoms with Gasteiger partial charge in [0.1, 0.15) is 0 Å². The highest BCUT2D eigenvalue weighted by Gasteiger charge is 2.30. The molecule has 0 atom stereocenters. The van der Waals surface area contributed by atoms with E-state index in [2.05, 4.69) is 34.7 Å². The average molecular weight is 285 g/mol. The van der Waals surface area contributed by atoms with E-state index in [0.29, 0.717) is 0 Å². The zero-order valence-corrected chi connectivity index (χ0v) is 12.3. The monoisotopic (exact) mass is 285 g/mol. The molecule has 1 aromatic carbocycles. The Balaban J connectivity index is 1.62. The summed E-state index contributed by atoms with van der Waals surface area (Å²) in [5.41, 5.74) is 2.23. The summed E-state index contributed by atoms with van der Waals surface area (Å²) in [6, 6.07) is 10.2. The molecule has 1 heterocycles. The molecule has 0 spiro atoms. The van der Waals surface area contributed by atoms with Crippen LogP contribution in [0.3, 0.4) is 0 Å².